The second kappa shape index (κ2) is 14.8. The molecule has 0 radical (unpaired) electrons. The van der Waals surface area contributed by atoms with Gasteiger partial charge in [-0.2, -0.15) is 4.31 Å². The highest BCUT2D eigenvalue weighted by Gasteiger charge is 2.27. The van der Waals surface area contributed by atoms with Gasteiger partial charge < -0.3 is 21.5 Å². The van der Waals surface area contributed by atoms with Crippen LogP contribution in [0, 0.1) is 27.7 Å². The zero-order chi connectivity index (χ0) is 29.6. The van der Waals surface area contributed by atoms with Crippen molar-refractivity contribution in [2.24, 2.45) is 0 Å². The molecule has 0 aliphatic carbocycles. The van der Waals surface area contributed by atoms with Gasteiger partial charge in [0.2, 0.25) is 10.0 Å². The number of nitrogens with zero attached hydrogens (tertiary/aromatic N) is 2. The average Bonchev–Trinajstić information content (AvgIpc) is 2.92. The fourth-order valence-corrected chi connectivity index (χ4v) is 7.75. The lowest BCUT2D eigenvalue weighted by Crippen LogP contribution is -3.00. The van der Waals surface area contributed by atoms with Gasteiger partial charge in [0.05, 0.1) is 24.5 Å². The molecule has 42 heavy (non-hydrogen) atoms. The van der Waals surface area contributed by atoms with Crippen LogP contribution in [0.1, 0.15) is 60.1 Å². The van der Waals surface area contributed by atoms with E-state index in [1.165, 1.54) is 16.7 Å². The molecule has 0 heterocycles. The first-order chi connectivity index (χ1) is 19.5. The predicted molar refractivity (Wildman–Crippen MR) is 173 cm³/mol. The number of unbranched alkanes of at least 4 members (excludes halogenated alkanes) is 1. The van der Waals surface area contributed by atoms with Crippen molar-refractivity contribution in [1.29, 1.82) is 0 Å². The van der Waals surface area contributed by atoms with E-state index >= 15 is 0 Å². The van der Waals surface area contributed by atoms with E-state index in [0.717, 1.165) is 71.0 Å². The number of halogens is 1. The molecule has 4 nitrogen and oxygen atoms in total. The maximum absolute atomic E-state index is 14.1. The number of fused-ring (bicyclic) bond motifs is 1. The van der Waals surface area contributed by atoms with E-state index in [2.05, 4.69) is 77.9 Å². The molecule has 0 aromatic heterocycles. The Bertz CT molecular complexity index is 1560. The summed E-state index contributed by atoms with van der Waals surface area (Å²) >= 11 is 0. The smallest absolute Gasteiger partial charge is 0.243 e. The Morgan fingerprint density at radius 2 is 1.21 bits per heavy atom. The van der Waals surface area contributed by atoms with E-state index in [-0.39, 0.29) is 17.0 Å². The molecule has 0 spiro atoms. The maximum Gasteiger partial charge on any atom is 0.243 e. The minimum absolute atomic E-state index is 0. The van der Waals surface area contributed by atoms with Gasteiger partial charge in [0, 0.05) is 18.7 Å². The molecular formula is C36H47BrN2O2S. The second-order valence-corrected chi connectivity index (χ2v) is 13.8. The van der Waals surface area contributed by atoms with E-state index in [4.69, 9.17) is 0 Å². The van der Waals surface area contributed by atoms with Crippen LogP contribution in [0.3, 0.4) is 0 Å². The van der Waals surface area contributed by atoms with Crippen LogP contribution in [-0.4, -0.2) is 43.4 Å². The third-order valence-electron chi connectivity index (χ3n) is 8.43. The zero-order valence-corrected chi connectivity index (χ0v) is 28.6. The van der Waals surface area contributed by atoms with Crippen molar-refractivity contribution in [3.8, 4) is 0 Å². The number of sulfonamides is 1. The summed E-state index contributed by atoms with van der Waals surface area (Å²) in [5, 5.41) is 1.99. The van der Waals surface area contributed by atoms with Gasteiger partial charge in [0.15, 0.2) is 0 Å². The van der Waals surface area contributed by atoms with Gasteiger partial charge in [0.1, 0.15) is 6.54 Å². The van der Waals surface area contributed by atoms with Crippen LogP contribution in [0.15, 0.2) is 83.8 Å². The van der Waals surface area contributed by atoms with Crippen molar-refractivity contribution in [2.75, 3.05) is 26.2 Å². The molecule has 0 saturated heterocycles. The summed E-state index contributed by atoms with van der Waals surface area (Å²) in [6.07, 6.45) is 1.80. The van der Waals surface area contributed by atoms with Crippen LogP contribution < -0.4 is 17.0 Å². The normalized spacial score (nSPS) is 12.1. The Kier molecular flexibility index (Phi) is 12.0. The standard InChI is InChI=1S/C36H47N2O2S.BrH/c1-7-38(8-2,27-33-23-30(5)20-31(6)24-33)18-12-11-17-37(26-32-21-28(3)19-29(4)22-32)41(39,40)36-16-15-34-13-9-10-14-35(34)25-36;/h9-10,13-16,19-25H,7-8,11-12,17-18,26-27H2,1-6H3;1H/q+1;/p-1. The van der Waals surface area contributed by atoms with E-state index in [1.807, 2.05) is 36.4 Å². The summed E-state index contributed by atoms with van der Waals surface area (Å²) in [5.74, 6) is 0. The average molecular weight is 652 g/mol. The topological polar surface area (TPSA) is 37.4 Å². The summed E-state index contributed by atoms with van der Waals surface area (Å²) in [7, 11) is -3.67. The third-order valence-corrected chi connectivity index (χ3v) is 10.3. The monoisotopic (exact) mass is 650 g/mol. The van der Waals surface area contributed by atoms with Crippen LogP contribution in [0.5, 0.6) is 0 Å². The summed E-state index contributed by atoms with van der Waals surface area (Å²) in [4.78, 5) is 0.364. The molecular weight excluding hydrogens is 604 g/mol. The zero-order valence-electron chi connectivity index (χ0n) is 26.2. The van der Waals surface area contributed by atoms with Crippen molar-refractivity contribution in [1.82, 2.24) is 4.31 Å². The summed E-state index contributed by atoms with van der Waals surface area (Å²) in [6, 6.07) is 26.6. The van der Waals surface area contributed by atoms with Crippen LogP contribution in [0.4, 0.5) is 0 Å². The van der Waals surface area contributed by atoms with E-state index in [1.54, 1.807) is 10.4 Å². The number of benzene rings is 4. The molecule has 4 rings (SSSR count). The van der Waals surface area contributed by atoms with Gasteiger partial charge in [0.25, 0.3) is 0 Å². The Morgan fingerprint density at radius 3 is 1.79 bits per heavy atom. The second-order valence-electron chi connectivity index (χ2n) is 11.9. The molecule has 0 aliphatic rings. The highest BCUT2D eigenvalue weighted by molar-refractivity contribution is 7.89. The molecule has 0 N–H and O–H groups in total. The highest BCUT2D eigenvalue weighted by atomic mass is 79.9. The number of hydrogen-bond acceptors (Lipinski definition) is 2. The van der Waals surface area contributed by atoms with Gasteiger partial charge >= 0.3 is 0 Å². The van der Waals surface area contributed by atoms with Crippen LogP contribution in [0.25, 0.3) is 10.8 Å². The fraction of sp³-hybridized carbons (Fsp3) is 0.389. The molecule has 0 bridgehead atoms. The number of hydrogen-bond donors (Lipinski definition) is 0. The fourth-order valence-electron chi connectivity index (χ4n) is 6.25. The molecule has 0 fully saturated rings. The van der Waals surface area contributed by atoms with Gasteiger partial charge in [-0.25, -0.2) is 8.42 Å². The lowest BCUT2D eigenvalue weighted by Gasteiger charge is -2.37. The third kappa shape index (κ3) is 8.53. The molecule has 0 amide bonds. The molecule has 4 aromatic carbocycles. The van der Waals surface area contributed by atoms with Crippen molar-refractivity contribution in [3.63, 3.8) is 0 Å². The lowest BCUT2D eigenvalue weighted by atomic mass is 10.1. The first-order valence-corrected chi connectivity index (χ1v) is 16.5. The van der Waals surface area contributed by atoms with E-state index in [0.29, 0.717) is 18.0 Å². The molecule has 0 aliphatic heterocycles. The van der Waals surface area contributed by atoms with Crippen LogP contribution in [-0.2, 0) is 23.1 Å². The van der Waals surface area contributed by atoms with Crippen molar-refractivity contribution < 1.29 is 29.9 Å². The Labute approximate surface area is 264 Å². The van der Waals surface area contributed by atoms with Crippen LogP contribution in [0.2, 0.25) is 0 Å². The van der Waals surface area contributed by atoms with E-state index < -0.39 is 10.0 Å². The number of aryl methyl sites for hydroxylation is 4. The van der Waals surface area contributed by atoms with Gasteiger partial charge in [-0.1, -0.05) is 89.0 Å². The Hall–Kier alpha value is -2.51. The molecule has 226 valence electrons. The molecule has 6 heteroatoms. The molecule has 0 saturated carbocycles. The van der Waals surface area contributed by atoms with Gasteiger partial charge in [-0.05, 0) is 82.9 Å². The summed E-state index contributed by atoms with van der Waals surface area (Å²) < 4.78 is 30.9. The Morgan fingerprint density at radius 1 is 0.667 bits per heavy atom. The Balaban J connectivity index is 0.00000484. The molecule has 0 unspecified atom stereocenters. The SMILES string of the molecule is CC[N+](CC)(CCCCN(Cc1cc(C)cc(C)c1)S(=O)(=O)c1ccc2ccccc2c1)Cc1cc(C)cc(C)c1.[Br-]. The number of quaternary nitrogens is 1. The predicted octanol–water partition coefficient (Wildman–Crippen LogP) is 5.11. The van der Waals surface area contributed by atoms with Gasteiger partial charge in [-0.3, -0.25) is 0 Å². The minimum Gasteiger partial charge on any atom is -1.00 e. The quantitative estimate of drug-likeness (QED) is 0.149. The lowest BCUT2D eigenvalue weighted by molar-refractivity contribution is -0.938. The van der Waals surface area contributed by atoms with Crippen molar-refractivity contribution in [2.45, 2.75) is 72.4 Å². The summed E-state index contributed by atoms with van der Waals surface area (Å²) in [6.45, 7) is 18.1. The van der Waals surface area contributed by atoms with Gasteiger partial charge in [-0.15, -0.1) is 0 Å². The first-order valence-electron chi connectivity index (χ1n) is 15.0. The highest BCUT2D eigenvalue weighted by Crippen LogP contribution is 2.25. The van der Waals surface area contributed by atoms with E-state index in [9.17, 15) is 8.42 Å². The number of rotatable bonds is 13. The van der Waals surface area contributed by atoms with Crippen molar-refractivity contribution in [3.05, 3.63) is 112 Å². The minimum atomic E-state index is -3.67. The van der Waals surface area contributed by atoms with Crippen LogP contribution >= 0.6 is 0 Å². The largest absolute Gasteiger partial charge is 1.00 e. The first kappa shape index (κ1) is 34.0. The summed E-state index contributed by atoms with van der Waals surface area (Å²) in [5.41, 5.74) is 7.36. The molecule has 0 atom stereocenters. The van der Waals surface area contributed by atoms with Crippen molar-refractivity contribution >= 4 is 20.8 Å². The molecule has 4 aromatic rings. The maximum atomic E-state index is 14.1.